The van der Waals surface area contributed by atoms with Crippen LogP contribution >= 0.6 is 0 Å². The van der Waals surface area contributed by atoms with E-state index < -0.39 is 5.60 Å². The first-order valence-corrected chi connectivity index (χ1v) is 12.8. The maximum atomic E-state index is 13.2. The second-order valence-electron chi connectivity index (χ2n) is 10.7. The standard InChI is InChI=1S/C29H38N4O2/c1-29(2,3)35-28(34)27(21-23-7-5-4-6-8-23)33-15-13-26(14-16-33)32-19-17-31(18-20-32)25-11-9-24(22-30)10-12-25/h4-12,26-27H,13-21H2,1-3H3. The van der Waals surface area contributed by atoms with Crippen LogP contribution in [0.5, 0.6) is 0 Å². The third-order valence-electron chi connectivity index (χ3n) is 7.08. The maximum Gasteiger partial charge on any atom is 0.324 e. The molecule has 0 radical (unpaired) electrons. The van der Waals surface area contributed by atoms with Crippen LogP contribution in [0.1, 0.15) is 44.7 Å². The van der Waals surface area contributed by atoms with Crippen molar-refractivity contribution in [3.05, 3.63) is 65.7 Å². The molecule has 2 fully saturated rings. The molecule has 35 heavy (non-hydrogen) atoms. The van der Waals surface area contributed by atoms with Gasteiger partial charge in [0, 0.05) is 51.0 Å². The minimum absolute atomic E-state index is 0.115. The molecule has 6 nitrogen and oxygen atoms in total. The fourth-order valence-corrected chi connectivity index (χ4v) is 5.22. The summed E-state index contributed by atoms with van der Waals surface area (Å²) in [6, 6.07) is 20.7. The molecule has 6 heteroatoms. The van der Waals surface area contributed by atoms with Crippen molar-refractivity contribution in [1.29, 1.82) is 5.26 Å². The van der Waals surface area contributed by atoms with E-state index >= 15 is 0 Å². The summed E-state index contributed by atoms with van der Waals surface area (Å²) in [5.74, 6) is -0.115. The molecule has 4 rings (SSSR count). The number of carbonyl (C=O) groups is 1. The van der Waals surface area contributed by atoms with Gasteiger partial charge in [-0.25, -0.2) is 0 Å². The average molecular weight is 475 g/mol. The van der Waals surface area contributed by atoms with Gasteiger partial charge >= 0.3 is 5.97 Å². The molecule has 0 N–H and O–H groups in total. The zero-order chi connectivity index (χ0) is 24.8. The predicted octanol–water partition coefficient (Wildman–Crippen LogP) is 4.10. The Morgan fingerprint density at radius 3 is 2.17 bits per heavy atom. The Morgan fingerprint density at radius 1 is 0.971 bits per heavy atom. The third-order valence-corrected chi connectivity index (χ3v) is 7.08. The molecule has 0 aromatic heterocycles. The topological polar surface area (TPSA) is 59.8 Å². The first-order valence-electron chi connectivity index (χ1n) is 12.8. The van der Waals surface area contributed by atoms with Gasteiger partial charge in [-0.05, 0) is 69.9 Å². The van der Waals surface area contributed by atoms with Gasteiger partial charge < -0.3 is 9.64 Å². The molecule has 0 spiro atoms. The van der Waals surface area contributed by atoms with Gasteiger partial charge in [0.2, 0.25) is 0 Å². The molecule has 186 valence electrons. The summed E-state index contributed by atoms with van der Waals surface area (Å²) in [5.41, 5.74) is 2.58. The van der Waals surface area contributed by atoms with Crippen LogP contribution in [0.2, 0.25) is 0 Å². The van der Waals surface area contributed by atoms with Crippen LogP contribution in [0.4, 0.5) is 5.69 Å². The molecule has 2 aromatic rings. The minimum atomic E-state index is -0.487. The Bertz CT molecular complexity index is 994. The van der Waals surface area contributed by atoms with E-state index in [1.807, 2.05) is 51.1 Å². The van der Waals surface area contributed by atoms with E-state index in [1.54, 1.807) is 0 Å². The lowest BCUT2D eigenvalue weighted by molar-refractivity contribution is -0.162. The Balaban J connectivity index is 1.32. The molecular formula is C29H38N4O2. The largest absolute Gasteiger partial charge is 0.459 e. The fraction of sp³-hybridized carbons (Fsp3) is 0.517. The second kappa shape index (κ2) is 11.2. The number of ether oxygens (including phenoxy) is 1. The molecule has 0 bridgehead atoms. The van der Waals surface area contributed by atoms with Crippen LogP contribution in [0.15, 0.2) is 54.6 Å². The highest BCUT2D eigenvalue weighted by atomic mass is 16.6. The van der Waals surface area contributed by atoms with Crippen molar-refractivity contribution in [3.8, 4) is 6.07 Å². The van der Waals surface area contributed by atoms with E-state index in [0.29, 0.717) is 18.0 Å². The summed E-state index contributed by atoms with van der Waals surface area (Å²) >= 11 is 0. The monoisotopic (exact) mass is 474 g/mol. The van der Waals surface area contributed by atoms with Crippen LogP contribution in [0.3, 0.4) is 0 Å². The van der Waals surface area contributed by atoms with E-state index in [4.69, 9.17) is 10.00 Å². The fourth-order valence-electron chi connectivity index (χ4n) is 5.22. The Kier molecular flexibility index (Phi) is 8.10. The van der Waals surface area contributed by atoms with Crippen LogP contribution in [0, 0.1) is 11.3 Å². The number of hydrogen-bond acceptors (Lipinski definition) is 6. The lowest BCUT2D eigenvalue weighted by Crippen LogP contribution is -2.55. The number of nitrogens with zero attached hydrogens (tertiary/aromatic N) is 4. The van der Waals surface area contributed by atoms with Gasteiger partial charge in [0.15, 0.2) is 0 Å². The van der Waals surface area contributed by atoms with Gasteiger partial charge in [0.05, 0.1) is 11.6 Å². The normalized spacial score (nSPS) is 19.2. The van der Waals surface area contributed by atoms with Gasteiger partial charge in [-0.15, -0.1) is 0 Å². The molecule has 0 aliphatic carbocycles. The highest BCUT2D eigenvalue weighted by molar-refractivity contribution is 5.76. The number of piperazine rings is 1. The molecule has 1 atom stereocenters. The van der Waals surface area contributed by atoms with Crippen molar-refractivity contribution in [2.45, 2.75) is 57.7 Å². The molecular weight excluding hydrogens is 436 g/mol. The zero-order valence-electron chi connectivity index (χ0n) is 21.3. The number of piperidine rings is 1. The minimum Gasteiger partial charge on any atom is -0.459 e. The maximum absolute atomic E-state index is 13.2. The lowest BCUT2D eigenvalue weighted by atomic mass is 9.97. The molecule has 2 heterocycles. The number of likely N-dealkylation sites (tertiary alicyclic amines) is 1. The highest BCUT2D eigenvalue weighted by Gasteiger charge is 2.35. The number of benzene rings is 2. The van der Waals surface area contributed by atoms with Crippen molar-refractivity contribution >= 4 is 11.7 Å². The van der Waals surface area contributed by atoms with E-state index in [9.17, 15) is 4.79 Å². The zero-order valence-corrected chi connectivity index (χ0v) is 21.3. The second-order valence-corrected chi connectivity index (χ2v) is 10.7. The molecule has 2 aliphatic rings. The van der Waals surface area contributed by atoms with E-state index in [-0.39, 0.29) is 12.0 Å². The van der Waals surface area contributed by atoms with Crippen molar-refractivity contribution in [3.63, 3.8) is 0 Å². The van der Waals surface area contributed by atoms with Crippen LogP contribution < -0.4 is 4.90 Å². The smallest absolute Gasteiger partial charge is 0.324 e. The van der Waals surface area contributed by atoms with Gasteiger partial charge in [-0.1, -0.05) is 30.3 Å². The number of nitriles is 1. The highest BCUT2D eigenvalue weighted by Crippen LogP contribution is 2.24. The van der Waals surface area contributed by atoms with Crippen molar-refractivity contribution in [2.75, 3.05) is 44.2 Å². The Labute approximate surface area is 210 Å². The summed E-state index contributed by atoms with van der Waals surface area (Å²) in [7, 11) is 0. The quantitative estimate of drug-likeness (QED) is 0.588. The number of esters is 1. The van der Waals surface area contributed by atoms with Crippen LogP contribution in [-0.4, -0.2) is 72.7 Å². The SMILES string of the molecule is CC(C)(C)OC(=O)C(Cc1ccccc1)N1CCC(N2CCN(c3ccc(C#N)cc3)CC2)CC1. The van der Waals surface area contributed by atoms with Crippen molar-refractivity contribution in [2.24, 2.45) is 0 Å². The van der Waals surface area contributed by atoms with Crippen molar-refractivity contribution in [1.82, 2.24) is 9.80 Å². The first kappa shape index (κ1) is 25.2. The van der Waals surface area contributed by atoms with E-state index in [1.165, 1.54) is 11.3 Å². The summed E-state index contributed by atoms with van der Waals surface area (Å²) < 4.78 is 5.82. The van der Waals surface area contributed by atoms with Gasteiger partial charge in [0.25, 0.3) is 0 Å². The van der Waals surface area contributed by atoms with Gasteiger partial charge in [-0.2, -0.15) is 5.26 Å². The molecule has 2 saturated heterocycles. The number of rotatable bonds is 6. The third kappa shape index (κ3) is 6.84. The lowest BCUT2D eigenvalue weighted by Gasteiger charge is -2.44. The number of hydrogen-bond donors (Lipinski definition) is 0. The number of anilines is 1. The summed E-state index contributed by atoms with van der Waals surface area (Å²) in [6.07, 6.45) is 2.83. The van der Waals surface area contributed by atoms with Crippen LogP contribution in [-0.2, 0) is 16.0 Å². The molecule has 2 aliphatic heterocycles. The van der Waals surface area contributed by atoms with E-state index in [2.05, 4.69) is 45.0 Å². The summed E-state index contributed by atoms with van der Waals surface area (Å²) in [4.78, 5) is 20.5. The molecule has 0 saturated carbocycles. The Hall–Kier alpha value is -2.88. The molecule has 2 aromatic carbocycles. The number of carbonyl (C=O) groups excluding carboxylic acids is 1. The van der Waals surface area contributed by atoms with E-state index in [0.717, 1.165) is 52.1 Å². The molecule has 0 amide bonds. The molecule has 1 unspecified atom stereocenters. The Morgan fingerprint density at radius 2 is 1.60 bits per heavy atom. The summed E-state index contributed by atoms with van der Waals surface area (Å²) in [6.45, 7) is 11.7. The predicted molar refractivity (Wildman–Crippen MR) is 139 cm³/mol. The van der Waals surface area contributed by atoms with Gasteiger partial charge in [0.1, 0.15) is 11.6 Å². The van der Waals surface area contributed by atoms with Crippen LogP contribution in [0.25, 0.3) is 0 Å². The van der Waals surface area contributed by atoms with Gasteiger partial charge in [-0.3, -0.25) is 14.6 Å². The first-order chi connectivity index (χ1) is 16.8. The summed E-state index contributed by atoms with van der Waals surface area (Å²) in [5, 5.41) is 9.03. The van der Waals surface area contributed by atoms with Crippen molar-refractivity contribution < 1.29 is 9.53 Å². The average Bonchev–Trinajstić information content (AvgIpc) is 2.87.